The lowest BCUT2D eigenvalue weighted by Crippen LogP contribution is -2.16. The molecular weight excluding hydrogens is 342 g/mol. The molecule has 7 heteroatoms. The molecule has 4 aromatic heterocycles. The first-order valence-electron chi connectivity index (χ1n) is 8.48. The lowest BCUT2D eigenvalue weighted by Gasteiger charge is -2.02. The van der Waals surface area contributed by atoms with Gasteiger partial charge in [-0.15, -0.1) is 0 Å². The maximum Gasteiger partial charge on any atom is 0.270 e. The molecule has 0 fully saturated rings. The summed E-state index contributed by atoms with van der Waals surface area (Å²) in [4.78, 5) is 21.5. The maximum atomic E-state index is 12.8. The molecule has 0 atom stereocenters. The van der Waals surface area contributed by atoms with Crippen LogP contribution in [0, 0.1) is 6.92 Å². The summed E-state index contributed by atoms with van der Waals surface area (Å²) in [5, 5.41) is 5.13. The van der Waals surface area contributed by atoms with Gasteiger partial charge in [0.05, 0.1) is 0 Å². The van der Waals surface area contributed by atoms with E-state index in [-0.39, 0.29) is 17.0 Å². The molecule has 0 aliphatic rings. The van der Waals surface area contributed by atoms with Crippen LogP contribution in [0.25, 0.3) is 39.4 Å². The van der Waals surface area contributed by atoms with Crippen LogP contribution >= 0.6 is 0 Å². The summed E-state index contributed by atoms with van der Waals surface area (Å²) in [7, 11) is 2.00. The van der Waals surface area contributed by atoms with Crippen molar-refractivity contribution in [2.45, 2.75) is 6.92 Å². The van der Waals surface area contributed by atoms with Crippen molar-refractivity contribution in [1.29, 1.82) is 0 Å². The summed E-state index contributed by atoms with van der Waals surface area (Å²) < 4.78 is 8.88. The van der Waals surface area contributed by atoms with Crippen molar-refractivity contribution < 1.29 is 4.52 Å². The van der Waals surface area contributed by atoms with E-state index in [2.05, 4.69) is 15.1 Å². The van der Waals surface area contributed by atoms with Crippen LogP contribution in [0.4, 0.5) is 0 Å². The second-order valence-electron chi connectivity index (χ2n) is 6.53. The largest absolute Gasteiger partial charge is 0.351 e. The van der Waals surface area contributed by atoms with Crippen molar-refractivity contribution >= 4 is 16.6 Å². The molecule has 5 rings (SSSR count). The van der Waals surface area contributed by atoms with Gasteiger partial charge in [0.1, 0.15) is 11.2 Å². The molecule has 4 heterocycles. The minimum Gasteiger partial charge on any atom is -0.351 e. The number of fused-ring (bicyclic) bond motifs is 2. The first kappa shape index (κ1) is 15.5. The van der Waals surface area contributed by atoms with Gasteiger partial charge in [-0.3, -0.25) is 9.20 Å². The van der Waals surface area contributed by atoms with Gasteiger partial charge in [0.15, 0.2) is 0 Å². The Kier molecular flexibility index (Phi) is 3.24. The summed E-state index contributed by atoms with van der Waals surface area (Å²) in [6.45, 7) is 1.95. The predicted octanol–water partition coefficient (Wildman–Crippen LogP) is 3.21. The summed E-state index contributed by atoms with van der Waals surface area (Å²) >= 11 is 0. The molecule has 0 unspecified atom stereocenters. The van der Waals surface area contributed by atoms with Crippen molar-refractivity contribution in [1.82, 2.24) is 24.1 Å². The maximum absolute atomic E-state index is 12.8. The highest BCUT2D eigenvalue weighted by molar-refractivity contribution is 5.84. The second kappa shape index (κ2) is 5.63. The highest BCUT2D eigenvalue weighted by Crippen LogP contribution is 2.24. The van der Waals surface area contributed by atoms with Crippen LogP contribution in [-0.2, 0) is 7.05 Å². The van der Waals surface area contributed by atoms with Crippen LogP contribution in [0.5, 0.6) is 0 Å². The SMILES string of the molecule is Cc1ccn2c(=O)c(-c3nc(-c4ccc5c(ccn5C)c4)no3)cnc2c1. The summed E-state index contributed by atoms with van der Waals surface area (Å²) in [6.07, 6.45) is 5.18. The molecule has 7 nitrogen and oxygen atoms in total. The van der Waals surface area contributed by atoms with Crippen molar-refractivity contribution in [2.75, 3.05) is 0 Å². The van der Waals surface area contributed by atoms with Crippen LogP contribution in [0.3, 0.4) is 0 Å². The predicted molar refractivity (Wildman–Crippen MR) is 101 cm³/mol. The van der Waals surface area contributed by atoms with E-state index >= 15 is 0 Å². The molecule has 0 saturated carbocycles. The molecule has 1 aromatic carbocycles. The Bertz CT molecular complexity index is 1380. The number of hydrogen-bond donors (Lipinski definition) is 0. The summed E-state index contributed by atoms with van der Waals surface area (Å²) in [6, 6.07) is 11.7. The number of nitrogens with zero attached hydrogens (tertiary/aromatic N) is 5. The van der Waals surface area contributed by atoms with Gasteiger partial charge in [-0.2, -0.15) is 4.98 Å². The van der Waals surface area contributed by atoms with E-state index in [4.69, 9.17) is 4.52 Å². The number of aryl methyl sites for hydroxylation is 2. The van der Waals surface area contributed by atoms with Crippen molar-refractivity contribution in [3.05, 3.63) is 70.9 Å². The fraction of sp³-hybridized carbons (Fsp3) is 0.100. The third kappa shape index (κ3) is 2.43. The van der Waals surface area contributed by atoms with Crippen molar-refractivity contribution in [3.63, 3.8) is 0 Å². The topological polar surface area (TPSA) is 78.2 Å². The smallest absolute Gasteiger partial charge is 0.270 e. The zero-order chi connectivity index (χ0) is 18.5. The second-order valence-corrected chi connectivity index (χ2v) is 6.53. The van der Waals surface area contributed by atoms with Gasteiger partial charge in [-0.05, 0) is 48.9 Å². The highest BCUT2D eigenvalue weighted by Gasteiger charge is 2.16. The first-order chi connectivity index (χ1) is 13.1. The standard InChI is InChI=1S/C20H15N5O2/c1-12-5-8-25-17(9-12)21-11-15(20(25)26)19-22-18(23-27-19)14-3-4-16-13(10-14)6-7-24(16)2/h3-11H,1-2H3. The van der Waals surface area contributed by atoms with Gasteiger partial charge in [0, 0.05) is 42.1 Å². The Labute approximate surface area is 153 Å². The van der Waals surface area contributed by atoms with Gasteiger partial charge in [-0.1, -0.05) is 5.16 Å². The van der Waals surface area contributed by atoms with Crippen LogP contribution in [-0.4, -0.2) is 24.1 Å². The fourth-order valence-corrected chi connectivity index (χ4v) is 3.19. The summed E-state index contributed by atoms with van der Waals surface area (Å²) in [5.41, 5.74) is 3.59. The van der Waals surface area contributed by atoms with Crippen LogP contribution in [0.2, 0.25) is 0 Å². The Morgan fingerprint density at radius 3 is 2.85 bits per heavy atom. The quantitative estimate of drug-likeness (QED) is 0.485. The lowest BCUT2D eigenvalue weighted by molar-refractivity contribution is 0.431. The number of aromatic nitrogens is 5. The molecule has 0 saturated heterocycles. The molecule has 0 aliphatic heterocycles. The van der Waals surface area contributed by atoms with E-state index in [1.165, 1.54) is 10.6 Å². The Morgan fingerprint density at radius 2 is 1.96 bits per heavy atom. The zero-order valence-corrected chi connectivity index (χ0v) is 14.7. The molecular formula is C20H15N5O2. The Hall–Kier alpha value is -3.74. The van der Waals surface area contributed by atoms with Crippen molar-refractivity contribution in [2.24, 2.45) is 7.05 Å². The van der Waals surface area contributed by atoms with Crippen LogP contribution < -0.4 is 5.56 Å². The minimum absolute atomic E-state index is 0.158. The average molecular weight is 357 g/mol. The lowest BCUT2D eigenvalue weighted by atomic mass is 10.1. The van der Waals surface area contributed by atoms with E-state index in [9.17, 15) is 4.79 Å². The van der Waals surface area contributed by atoms with E-state index in [0.717, 1.165) is 22.0 Å². The summed E-state index contributed by atoms with van der Waals surface area (Å²) in [5.74, 6) is 0.592. The van der Waals surface area contributed by atoms with Crippen molar-refractivity contribution in [3.8, 4) is 22.8 Å². The molecule has 27 heavy (non-hydrogen) atoms. The first-order valence-corrected chi connectivity index (χ1v) is 8.48. The third-order valence-electron chi connectivity index (χ3n) is 4.67. The molecule has 0 bridgehead atoms. The fourth-order valence-electron chi connectivity index (χ4n) is 3.19. The Morgan fingerprint density at radius 1 is 1.07 bits per heavy atom. The minimum atomic E-state index is -0.242. The molecule has 0 N–H and O–H groups in total. The normalized spacial score (nSPS) is 11.5. The highest BCUT2D eigenvalue weighted by atomic mass is 16.5. The van der Waals surface area contributed by atoms with Crippen LogP contribution in [0.15, 0.2) is 64.3 Å². The van der Waals surface area contributed by atoms with E-state index < -0.39 is 0 Å². The van der Waals surface area contributed by atoms with E-state index in [1.54, 1.807) is 6.20 Å². The van der Waals surface area contributed by atoms with Crippen LogP contribution in [0.1, 0.15) is 5.56 Å². The number of hydrogen-bond acceptors (Lipinski definition) is 5. The van der Waals surface area contributed by atoms with Gasteiger partial charge in [-0.25, -0.2) is 4.98 Å². The third-order valence-corrected chi connectivity index (χ3v) is 4.67. The van der Waals surface area contributed by atoms with Gasteiger partial charge < -0.3 is 9.09 Å². The zero-order valence-electron chi connectivity index (χ0n) is 14.7. The monoisotopic (exact) mass is 357 g/mol. The average Bonchev–Trinajstić information content (AvgIpc) is 3.29. The number of benzene rings is 1. The van der Waals surface area contributed by atoms with Gasteiger partial charge in [0.2, 0.25) is 5.82 Å². The van der Waals surface area contributed by atoms with E-state index in [0.29, 0.717) is 11.5 Å². The van der Waals surface area contributed by atoms with E-state index in [1.807, 2.05) is 61.1 Å². The van der Waals surface area contributed by atoms with Gasteiger partial charge >= 0.3 is 0 Å². The molecule has 0 aliphatic carbocycles. The number of pyridine rings is 1. The molecule has 0 spiro atoms. The molecule has 0 radical (unpaired) electrons. The van der Waals surface area contributed by atoms with Gasteiger partial charge in [0.25, 0.3) is 11.4 Å². The Balaban J connectivity index is 1.60. The molecule has 5 aromatic rings. The molecule has 0 amide bonds. The number of rotatable bonds is 2. The molecule has 132 valence electrons.